The molecule has 0 spiro atoms. The van der Waals surface area contributed by atoms with Crippen LogP contribution in [0.15, 0.2) is 18.2 Å². The number of hydrogen-bond acceptors (Lipinski definition) is 3. The lowest BCUT2D eigenvalue weighted by molar-refractivity contribution is -0.125. The standard InChI is InChI=1S/C14H14ClFN2O3/c15-11-2-1-8(3-12(11)16)14(20)18-4-9-6-21-7-10(5-18)17-13(9)19/h1-3,9-10H,4-7H2,(H,17,19)/t9-,10+/m1/s1. The second-order valence-corrected chi connectivity index (χ2v) is 5.69. The summed E-state index contributed by atoms with van der Waals surface area (Å²) in [6, 6.07) is 3.73. The number of amides is 2. The maximum atomic E-state index is 13.5. The summed E-state index contributed by atoms with van der Waals surface area (Å²) in [5.41, 5.74) is 0.227. The number of carbonyl (C=O) groups is 2. The number of ether oxygens (including phenoxy) is 1. The Kier molecular flexibility index (Phi) is 3.82. The van der Waals surface area contributed by atoms with Crippen LogP contribution in [-0.2, 0) is 9.53 Å². The molecule has 2 saturated heterocycles. The highest BCUT2D eigenvalue weighted by Crippen LogP contribution is 2.19. The fraction of sp³-hybridized carbons (Fsp3) is 0.429. The van der Waals surface area contributed by atoms with E-state index in [1.165, 1.54) is 12.1 Å². The summed E-state index contributed by atoms with van der Waals surface area (Å²) in [5, 5.41) is 2.82. The van der Waals surface area contributed by atoms with Crippen LogP contribution >= 0.6 is 11.6 Å². The maximum absolute atomic E-state index is 13.5. The van der Waals surface area contributed by atoms with E-state index >= 15 is 0 Å². The zero-order chi connectivity index (χ0) is 15.0. The fourth-order valence-corrected chi connectivity index (χ4v) is 2.72. The topological polar surface area (TPSA) is 58.6 Å². The highest BCUT2D eigenvalue weighted by atomic mass is 35.5. The summed E-state index contributed by atoms with van der Waals surface area (Å²) in [7, 11) is 0. The van der Waals surface area contributed by atoms with Crippen LogP contribution in [0.1, 0.15) is 10.4 Å². The number of carbonyl (C=O) groups excluding carboxylic acids is 2. The predicted octanol–water partition coefficient (Wildman–Crippen LogP) is 1.07. The third kappa shape index (κ3) is 2.87. The third-order valence-electron chi connectivity index (χ3n) is 3.69. The van der Waals surface area contributed by atoms with E-state index in [0.29, 0.717) is 19.8 Å². The van der Waals surface area contributed by atoms with Crippen molar-refractivity contribution in [2.75, 3.05) is 26.3 Å². The van der Waals surface area contributed by atoms with Gasteiger partial charge in [0.05, 0.1) is 30.2 Å². The van der Waals surface area contributed by atoms with Crippen LogP contribution in [0.3, 0.4) is 0 Å². The SMILES string of the molecule is O=C1N[C@@H]2COC[C@H]1CN(C(=O)c1ccc(Cl)c(F)c1)C2. The van der Waals surface area contributed by atoms with E-state index in [-0.39, 0.29) is 35.0 Å². The number of halogens is 2. The largest absolute Gasteiger partial charge is 0.378 e. The summed E-state index contributed by atoms with van der Waals surface area (Å²) < 4.78 is 18.9. The number of fused-ring (bicyclic) bond motifs is 3. The van der Waals surface area contributed by atoms with E-state index in [1.807, 2.05) is 0 Å². The van der Waals surface area contributed by atoms with Crippen molar-refractivity contribution < 1.29 is 18.7 Å². The van der Waals surface area contributed by atoms with Gasteiger partial charge in [0, 0.05) is 18.7 Å². The molecule has 0 aromatic heterocycles. The highest BCUT2D eigenvalue weighted by molar-refractivity contribution is 6.30. The molecule has 1 aromatic carbocycles. The van der Waals surface area contributed by atoms with Crippen molar-refractivity contribution in [3.05, 3.63) is 34.6 Å². The predicted molar refractivity (Wildman–Crippen MR) is 73.6 cm³/mol. The zero-order valence-corrected chi connectivity index (χ0v) is 11.9. The minimum atomic E-state index is -0.630. The zero-order valence-electron chi connectivity index (χ0n) is 11.1. The minimum absolute atomic E-state index is 0.0236. The molecule has 21 heavy (non-hydrogen) atoms. The molecular weight excluding hydrogens is 299 g/mol. The van der Waals surface area contributed by atoms with Gasteiger partial charge < -0.3 is 15.0 Å². The lowest BCUT2D eigenvalue weighted by Gasteiger charge is -2.27. The second-order valence-electron chi connectivity index (χ2n) is 5.28. The Bertz CT molecular complexity index is 596. The Morgan fingerprint density at radius 2 is 2.19 bits per heavy atom. The van der Waals surface area contributed by atoms with Crippen LogP contribution in [0.2, 0.25) is 5.02 Å². The summed E-state index contributed by atoms with van der Waals surface area (Å²) in [4.78, 5) is 26.0. The molecule has 5 nitrogen and oxygen atoms in total. The van der Waals surface area contributed by atoms with Crippen molar-refractivity contribution in [3.63, 3.8) is 0 Å². The molecule has 0 saturated carbocycles. The third-order valence-corrected chi connectivity index (χ3v) is 4.00. The number of nitrogens with zero attached hydrogens (tertiary/aromatic N) is 1. The van der Waals surface area contributed by atoms with E-state index in [0.717, 1.165) is 6.07 Å². The summed E-state index contributed by atoms with van der Waals surface area (Å²) in [6.07, 6.45) is 0. The molecule has 2 fully saturated rings. The van der Waals surface area contributed by atoms with Crippen LogP contribution in [0.4, 0.5) is 4.39 Å². The maximum Gasteiger partial charge on any atom is 0.254 e. The molecular formula is C14H14ClFN2O3. The number of benzene rings is 1. The highest BCUT2D eigenvalue weighted by Gasteiger charge is 2.35. The molecule has 2 aliphatic heterocycles. The average molecular weight is 313 g/mol. The lowest BCUT2D eigenvalue weighted by Crippen LogP contribution is -2.44. The smallest absolute Gasteiger partial charge is 0.254 e. The van der Waals surface area contributed by atoms with Crippen LogP contribution in [0, 0.1) is 11.7 Å². The Morgan fingerprint density at radius 3 is 2.95 bits per heavy atom. The number of rotatable bonds is 1. The molecule has 2 aliphatic rings. The minimum Gasteiger partial charge on any atom is -0.378 e. The van der Waals surface area contributed by atoms with Crippen molar-refractivity contribution in [2.24, 2.45) is 5.92 Å². The fourth-order valence-electron chi connectivity index (χ4n) is 2.61. The van der Waals surface area contributed by atoms with Crippen LogP contribution < -0.4 is 5.32 Å². The lowest BCUT2D eigenvalue weighted by atomic mass is 10.1. The van der Waals surface area contributed by atoms with Gasteiger partial charge in [-0.25, -0.2) is 4.39 Å². The Hall–Kier alpha value is -1.66. The summed E-state index contributed by atoms with van der Waals surface area (Å²) in [5.74, 6) is -1.43. The van der Waals surface area contributed by atoms with E-state index in [9.17, 15) is 14.0 Å². The monoisotopic (exact) mass is 312 g/mol. The Balaban J connectivity index is 1.84. The first-order valence-corrected chi connectivity index (χ1v) is 7.05. The van der Waals surface area contributed by atoms with Crippen molar-refractivity contribution in [1.82, 2.24) is 10.2 Å². The van der Waals surface area contributed by atoms with Crippen molar-refractivity contribution in [1.29, 1.82) is 0 Å². The van der Waals surface area contributed by atoms with Gasteiger partial charge in [-0.3, -0.25) is 9.59 Å². The molecule has 3 rings (SSSR count). The first-order chi connectivity index (χ1) is 10.0. The van der Waals surface area contributed by atoms with E-state index in [1.54, 1.807) is 4.90 Å². The first kappa shape index (κ1) is 14.3. The molecule has 112 valence electrons. The van der Waals surface area contributed by atoms with Gasteiger partial charge in [-0.1, -0.05) is 11.6 Å². The normalized spacial score (nSPS) is 25.2. The molecule has 2 atom stereocenters. The molecule has 2 heterocycles. The van der Waals surface area contributed by atoms with Gasteiger partial charge in [-0.05, 0) is 18.2 Å². The van der Waals surface area contributed by atoms with Crippen molar-refractivity contribution in [2.45, 2.75) is 6.04 Å². The number of nitrogens with one attached hydrogen (secondary N) is 1. The second kappa shape index (κ2) is 5.61. The van der Waals surface area contributed by atoms with Crippen molar-refractivity contribution in [3.8, 4) is 0 Å². The van der Waals surface area contributed by atoms with Gasteiger partial charge >= 0.3 is 0 Å². The Morgan fingerprint density at radius 1 is 1.38 bits per heavy atom. The van der Waals surface area contributed by atoms with Crippen LogP contribution in [0.25, 0.3) is 0 Å². The van der Waals surface area contributed by atoms with Gasteiger partial charge in [0.15, 0.2) is 0 Å². The first-order valence-electron chi connectivity index (χ1n) is 6.67. The van der Waals surface area contributed by atoms with Crippen molar-refractivity contribution >= 4 is 23.4 Å². The molecule has 0 radical (unpaired) electrons. The number of hydrogen-bond donors (Lipinski definition) is 1. The van der Waals surface area contributed by atoms with Gasteiger partial charge in [-0.2, -0.15) is 0 Å². The molecule has 0 aliphatic carbocycles. The van der Waals surface area contributed by atoms with E-state index in [4.69, 9.17) is 16.3 Å². The molecule has 2 amide bonds. The molecule has 1 aromatic rings. The molecule has 7 heteroatoms. The van der Waals surface area contributed by atoms with E-state index in [2.05, 4.69) is 5.32 Å². The average Bonchev–Trinajstić information content (AvgIpc) is 2.69. The summed E-state index contributed by atoms with van der Waals surface area (Å²) >= 11 is 5.62. The van der Waals surface area contributed by atoms with Gasteiger partial charge in [-0.15, -0.1) is 0 Å². The molecule has 2 bridgehead atoms. The van der Waals surface area contributed by atoms with Gasteiger partial charge in [0.2, 0.25) is 5.91 Å². The van der Waals surface area contributed by atoms with Gasteiger partial charge in [0.1, 0.15) is 5.82 Å². The molecule has 0 unspecified atom stereocenters. The quantitative estimate of drug-likeness (QED) is 0.844. The Labute approximate surface area is 126 Å². The van der Waals surface area contributed by atoms with Crippen LogP contribution in [-0.4, -0.2) is 49.1 Å². The van der Waals surface area contributed by atoms with Gasteiger partial charge in [0.25, 0.3) is 5.91 Å². The summed E-state index contributed by atoms with van der Waals surface area (Å²) in [6.45, 7) is 1.29. The van der Waals surface area contributed by atoms with Crippen LogP contribution in [0.5, 0.6) is 0 Å². The van der Waals surface area contributed by atoms with E-state index < -0.39 is 11.7 Å². The molecule has 1 N–H and O–H groups in total.